The first-order chi connectivity index (χ1) is 11.0. The van der Waals surface area contributed by atoms with Gasteiger partial charge in [-0.25, -0.2) is 9.97 Å². The van der Waals surface area contributed by atoms with Gasteiger partial charge in [-0.2, -0.15) is 0 Å². The molecule has 0 spiro atoms. The number of allylic oxidation sites excluding steroid dienone is 1. The number of benzene rings is 1. The van der Waals surface area contributed by atoms with Crippen LogP contribution in [0, 0.1) is 0 Å². The number of aliphatic hydroxyl groups excluding tert-OH is 1. The molecule has 120 valence electrons. The summed E-state index contributed by atoms with van der Waals surface area (Å²) < 4.78 is 0. The Kier molecular flexibility index (Phi) is 4.25. The molecule has 1 aliphatic rings. The molecule has 1 aromatic carbocycles. The lowest BCUT2D eigenvalue weighted by atomic mass is 10.2. The molecule has 0 saturated carbocycles. The van der Waals surface area contributed by atoms with Crippen LogP contribution in [0.2, 0.25) is 0 Å². The normalized spacial score (nSPS) is 16.8. The van der Waals surface area contributed by atoms with Crippen LogP contribution in [0.15, 0.2) is 34.8 Å². The first-order valence-electron chi connectivity index (χ1n) is 7.66. The van der Waals surface area contributed by atoms with E-state index in [1.54, 1.807) is 13.0 Å². The van der Waals surface area contributed by atoms with Crippen molar-refractivity contribution >= 4 is 22.9 Å². The van der Waals surface area contributed by atoms with Crippen molar-refractivity contribution in [1.29, 1.82) is 0 Å². The highest BCUT2D eigenvalue weighted by Crippen LogP contribution is 2.20. The molecule has 1 saturated heterocycles. The highest BCUT2D eigenvalue weighted by atomic mass is 16.3. The summed E-state index contributed by atoms with van der Waals surface area (Å²) in [6.45, 7) is 4.92. The fraction of sp³-hybridized carbons (Fsp3) is 0.353. The molecule has 1 aromatic heterocycles. The molecule has 1 fully saturated rings. The van der Waals surface area contributed by atoms with Gasteiger partial charge in [-0.05, 0) is 32.2 Å². The van der Waals surface area contributed by atoms with Gasteiger partial charge in [0, 0.05) is 26.2 Å². The Hall–Kier alpha value is -2.47. The summed E-state index contributed by atoms with van der Waals surface area (Å²) in [5.74, 6) is 0.654. The Morgan fingerprint density at radius 2 is 1.74 bits per heavy atom. The van der Waals surface area contributed by atoms with Crippen molar-refractivity contribution in [2.24, 2.45) is 0 Å². The van der Waals surface area contributed by atoms with E-state index in [2.05, 4.69) is 26.8 Å². The maximum atomic E-state index is 12.6. The summed E-state index contributed by atoms with van der Waals surface area (Å²) in [6.07, 6.45) is 1.45. The Labute approximate surface area is 134 Å². The molecule has 1 N–H and O–H groups in total. The largest absolute Gasteiger partial charge is 0.513 e. The van der Waals surface area contributed by atoms with Gasteiger partial charge in [0.2, 0.25) is 0 Å². The molecule has 23 heavy (non-hydrogen) atoms. The van der Waals surface area contributed by atoms with Gasteiger partial charge in [0.25, 0.3) is 5.56 Å². The summed E-state index contributed by atoms with van der Waals surface area (Å²) >= 11 is 0. The Morgan fingerprint density at radius 1 is 1.13 bits per heavy atom. The number of piperazine rings is 1. The zero-order valence-electron chi connectivity index (χ0n) is 13.4. The Balaban J connectivity index is 2.24. The average molecular weight is 312 g/mol. The second-order valence-corrected chi connectivity index (χ2v) is 5.83. The number of nitrogens with zero attached hydrogens (tertiary/aromatic N) is 4. The van der Waals surface area contributed by atoms with E-state index in [1.807, 2.05) is 18.2 Å². The van der Waals surface area contributed by atoms with Crippen LogP contribution in [0.5, 0.6) is 0 Å². The fourth-order valence-electron chi connectivity index (χ4n) is 2.69. The molecular formula is C17H20N4O2. The molecule has 0 atom stereocenters. The van der Waals surface area contributed by atoms with Crippen molar-refractivity contribution in [2.75, 3.05) is 38.1 Å². The Bertz CT molecular complexity index is 807. The fourth-order valence-corrected chi connectivity index (χ4v) is 2.69. The number of hydrogen-bond donors (Lipinski definition) is 1. The van der Waals surface area contributed by atoms with Crippen LogP contribution >= 0.6 is 0 Å². The van der Waals surface area contributed by atoms with Crippen LogP contribution in [0.25, 0.3) is 17.1 Å². The maximum Gasteiger partial charge on any atom is 0.281 e. The maximum absolute atomic E-state index is 12.6. The van der Waals surface area contributed by atoms with Crippen LogP contribution < -0.4 is 10.5 Å². The smallest absolute Gasteiger partial charge is 0.281 e. The molecule has 3 rings (SSSR count). The lowest BCUT2D eigenvalue weighted by Crippen LogP contribution is -2.45. The quantitative estimate of drug-likeness (QED) is 0.851. The number of fused-ring (bicyclic) bond motifs is 1. The molecule has 2 heterocycles. The van der Waals surface area contributed by atoms with E-state index >= 15 is 0 Å². The van der Waals surface area contributed by atoms with Gasteiger partial charge in [0.15, 0.2) is 0 Å². The number of hydrogen-bond acceptors (Lipinski definition) is 6. The summed E-state index contributed by atoms with van der Waals surface area (Å²) in [5.41, 5.74) is 1.20. The van der Waals surface area contributed by atoms with Gasteiger partial charge in [0.1, 0.15) is 5.82 Å². The number of anilines is 1. The van der Waals surface area contributed by atoms with E-state index in [1.165, 1.54) is 6.08 Å². The average Bonchev–Trinajstić information content (AvgIpc) is 2.65. The first-order valence-corrected chi connectivity index (χ1v) is 7.66. The molecule has 0 aliphatic carbocycles. The van der Waals surface area contributed by atoms with Gasteiger partial charge >= 0.3 is 0 Å². The van der Waals surface area contributed by atoms with Crippen molar-refractivity contribution in [2.45, 2.75) is 6.92 Å². The zero-order chi connectivity index (χ0) is 16.4. The molecule has 6 nitrogen and oxygen atoms in total. The lowest BCUT2D eigenvalue weighted by molar-refractivity contribution is 0.312. The van der Waals surface area contributed by atoms with E-state index in [0.29, 0.717) is 22.4 Å². The van der Waals surface area contributed by atoms with E-state index in [0.717, 1.165) is 26.2 Å². The van der Waals surface area contributed by atoms with E-state index < -0.39 is 0 Å². The van der Waals surface area contributed by atoms with Gasteiger partial charge in [-0.15, -0.1) is 0 Å². The van der Waals surface area contributed by atoms with E-state index in [-0.39, 0.29) is 11.3 Å². The summed E-state index contributed by atoms with van der Waals surface area (Å²) in [4.78, 5) is 25.7. The van der Waals surface area contributed by atoms with Gasteiger partial charge in [-0.1, -0.05) is 12.1 Å². The highest BCUT2D eigenvalue weighted by molar-refractivity contribution is 5.77. The second kappa shape index (κ2) is 6.34. The standard InChI is InChI=1S/C17H20N4O2/c1-12(22)11-13-16(21-9-7-20(2)8-10-21)18-14-5-3-4-6-15(14)19-17(13)23/h3-6,11,22H,7-10H2,1-2H3/b12-11+. The minimum absolute atomic E-state index is 0.0660. The van der Waals surface area contributed by atoms with Crippen molar-refractivity contribution in [1.82, 2.24) is 14.9 Å². The molecule has 2 aromatic rings. The minimum Gasteiger partial charge on any atom is -0.513 e. The molecule has 6 heteroatoms. The predicted octanol–water partition coefficient (Wildman–Crippen LogP) is 1.66. The summed E-state index contributed by atoms with van der Waals surface area (Å²) in [6, 6.07) is 7.33. The van der Waals surface area contributed by atoms with Gasteiger partial charge in [0.05, 0.1) is 22.4 Å². The third-order valence-corrected chi connectivity index (χ3v) is 3.96. The predicted molar refractivity (Wildman–Crippen MR) is 91.8 cm³/mol. The first kappa shape index (κ1) is 15.4. The minimum atomic E-state index is -0.374. The molecule has 1 aliphatic heterocycles. The van der Waals surface area contributed by atoms with Crippen LogP contribution in [0.3, 0.4) is 0 Å². The summed E-state index contributed by atoms with van der Waals surface area (Å²) in [7, 11) is 2.07. The molecule has 0 amide bonds. The van der Waals surface area contributed by atoms with Crippen LogP contribution in [-0.4, -0.2) is 53.2 Å². The lowest BCUT2D eigenvalue weighted by Gasteiger charge is -2.33. The van der Waals surface area contributed by atoms with E-state index in [9.17, 15) is 9.90 Å². The topological polar surface area (TPSA) is 69.6 Å². The third kappa shape index (κ3) is 3.32. The van der Waals surface area contributed by atoms with E-state index in [4.69, 9.17) is 0 Å². The van der Waals surface area contributed by atoms with Crippen LogP contribution in [0.1, 0.15) is 12.5 Å². The van der Waals surface area contributed by atoms with Crippen LogP contribution in [0.4, 0.5) is 5.82 Å². The Morgan fingerprint density at radius 3 is 2.35 bits per heavy atom. The molecule has 0 radical (unpaired) electrons. The van der Waals surface area contributed by atoms with Crippen molar-refractivity contribution in [3.8, 4) is 0 Å². The highest BCUT2D eigenvalue weighted by Gasteiger charge is 2.20. The van der Waals surface area contributed by atoms with Crippen molar-refractivity contribution in [3.63, 3.8) is 0 Å². The molecular weight excluding hydrogens is 292 g/mol. The van der Waals surface area contributed by atoms with Gasteiger partial charge < -0.3 is 14.9 Å². The number of para-hydroxylation sites is 2. The third-order valence-electron chi connectivity index (χ3n) is 3.96. The number of likely N-dealkylation sites (N-methyl/N-ethyl adjacent to an activating group) is 1. The molecule has 0 unspecified atom stereocenters. The SMILES string of the molecule is C/C(O)=C\c1c(N2CCN(C)CC2)nc2ccccc2nc1=O. The van der Waals surface area contributed by atoms with Crippen molar-refractivity contribution in [3.05, 3.63) is 45.9 Å². The number of aliphatic hydroxyl groups is 1. The molecule has 0 bridgehead atoms. The number of rotatable bonds is 2. The summed E-state index contributed by atoms with van der Waals surface area (Å²) in [5, 5.41) is 9.65. The monoisotopic (exact) mass is 312 g/mol. The zero-order valence-corrected chi connectivity index (χ0v) is 13.4. The van der Waals surface area contributed by atoms with Crippen molar-refractivity contribution < 1.29 is 5.11 Å². The second-order valence-electron chi connectivity index (χ2n) is 5.83. The van der Waals surface area contributed by atoms with Gasteiger partial charge in [-0.3, -0.25) is 4.79 Å². The van der Waals surface area contributed by atoms with Crippen LogP contribution in [-0.2, 0) is 0 Å². The number of aromatic nitrogens is 2.